The number of benzene rings is 6. The van der Waals surface area contributed by atoms with Gasteiger partial charge in [0.2, 0.25) is 0 Å². The van der Waals surface area contributed by atoms with Crippen LogP contribution in [0.25, 0.3) is 33.4 Å². The predicted molar refractivity (Wildman–Crippen MR) is 201 cm³/mol. The molecule has 0 spiro atoms. The number of halogens is 2. The van der Waals surface area contributed by atoms with Gasteiger partial charge >= 0.3 is 262 Å². The Morgan fingerprint density at radius 3 is 1.52 bits per heavy atom. The topological polar surface area (TPSA) is 0 Å². The summed E-state index contributed by atoms with van der Waals surface area (Å²) in [7, 11) is 0. The van der Waals surface area contributed by atoms with Crippen LogP contribution in [0.3, 0.4) is 0 Å². The maximum absolute atomic E-state index is 5.62. The summed E-state index contributed by atoms with van der Waals surface area (Å²) in [4.78, 5) is 5.62. The van der Waals surface area contributed by atoms with Gasteiger partial charge in [-0.3, -0.25) is 0 Å². The van der Waals surface area contributed by atoms with E-state index in [9.17, 15) is 0 Å². The van der Waals surface area contributed by atoms with Crippen molar-refractivity contribution < 1.29 is 14.8 Å². The van der Waals surface area contributed by atoms with Gasteiger partial charge in [0, 0.05) is 0 Å². The van der Waals surface area contributed by atoms with Crippen molar-refractivity contribution in [3.8, 4) is 33.4 Å². The van der Waals surface area contributed by atoms with Crippen LogP contribution in [0.5, 0.6) is 0 Å². The van der Waals surface area contributed by atoms with Gasteiger partial charge in [0.25, 0.3) is 0 Å². The minimum atomic E-state index is -4.46. The summed E-state index contributed by atoms with van der Waals surface area (Å²) in [6.45, 7) is 0. The van der Waals surface area contributed by atoms with Gasteiger partial charge in [0.15, 0.2) is 0 Å². The molecule has 6 aromatic carbocycles. The zero-order valence-corrected chi connectivity index (χ0v) is 28.8. The van der Waals surface area contributed by atoms with Crippen LogP contribution < -0.4 is 11.6 Å². The van der Waals surface area contributed by atoms with Crippen molar-refractivity contribution in [3.63, 3.8) is 0 Å². The molecule has 46 heavy (non-hydrogen) atoms. The van der Waals surface area contributed by atoms with Gasteiger partial charge in [-0.15, -0.1) is 24.8 Å². The van der Waals surface area contributed by atoms with Crippen LogP contribution in [-0.4, -0.2) is 4.82 Å². The van der Waals surface area contributed by atoms with E-state index in [0.717, 1.165) is 12.8 Å². The van der Waals surface area contributed by atoms with Gasteiger partial charge in [0.1, 0.15) is 0 Å². The van der Waals surface area contributed by atoms with Crippen LogP contribution in [0.1, 0.15) is 17.5 Å². The first-order chi connectivity index (χ1) is 21.6. The van der Waals surface area contributed by atoms with Gasteiger partial charge in [0.05, 0.1) is 0 Å². The third-order valence-electron chi connectivity index (χ3n) is 10.2. The molecule has 0 fully saturated rings. The molecule has 2 aliphatic carbocycles. The second-order valence-electron chi connectivity index (χ2n) is 12.3. The monoisotopic (exact) mass is 670 g/mol. The van der Waals surface area contributed by atoms with Crippen LogP contribution in [0, 0.1) is 0 Å². The fourth-order valence-electron chi connectivity index (χ4n) is 7.87. The van der Waals surface area contributed by atoms with Crippen LogP contribution in [0.4, 0.5) is 0 Å². The van der Waals surface area contributed by atoms with Gasteiger partial charge in [-0.2, -0.15) is 0 Å². The Hall–Kier alpha value is -4.04. The fraction of sp³-hybridized carbons (Fsp3) is 0.0465. The zero-order valence-electron chi connectivity index (χ0n) is 25.6. The number of rotatable bonds is 6. The molecule has 0 amide bonds. The van der Waals surface area contributed by atoms with Crippen LogP contribution >= 0.6 is 24.8 Å². The van der Waals surface area contributed by atoms with Crippen molar-refractivity contribution in [2.45, 2.75) is 12.8 Å². The normalized spacial score (nSPS) is 13.2. The molecule has 226 valence electrons. The number of hydrogen-bond donors (Lipinski definition) is 0. The second-order valence-corrected chi connectivity index (χ2v) is 20.5. The summed E-state index contributed by atoms with van der Waals surface area (Å²) in [6, 6.07) is 56.2. The second kappa shape index (κ2) is 12.6. The Morgan fingerprint density at radius 1 is 0.478 bits per heavy atom. The van der Waals surface area contributed by atoms with Crippen molar-refractivity contribution in [1.29, 1.82) is 0 Å². The van der Waals surface area contributed by atoms with E-state index in [1.807, 2.05) is 0 Å². The van der Waals surface area contributed by atoms with Gasteiger partial charge < -0.3 is 0 Å². The van der Waals surface area contributed by atoms with Crippen molar-refractivity contribution in [2.24, 2.45) is 0 Å². The Balaban J connectivity index is 0.00000186. The Kier molecular flexibility index (Phi) is 8.77. The molecule has 0 aromatic heterocycles. The molecule has 2 aliphatic rings. The van der Waals surface area contributed by atoms with Gasteiger partial charge in [-0.05, 0) is 0 Å². The SMILES string of the molecule is Cl.Cl.[CH2]=[Ti]([C]1=CC=CC1)([c]1ccc(-c2ccccc2)cc1)([c]1ccc(-c2ccccc2)cc1)[c]1cccc2c1Cc1ccccc1-2. The maximum atomic E-state index is 5.62. The molecule has 0 unspecified atom stereocenters. The third kappa shape index (κ3) is 4.84. The molecular formula is C43H36Cl2Ti. The number of allylic oxidation sites excluding steroid dienone is 4. The van der Waals surface area contributed by atoms with E-state index in [4.69, 9.17) is 4.82 Å². The molecule has 0 saturated heterocycles. The van der Waals surface area contributed by atoms with Crippen molar-refractivity contribution in [2.75, 3.05) is 0 Å². The van der Waals surface area contributed by atoms with E-state index in [0.29, 0.717) is 0 Å². The molecule has 0 N–H and O–H groups in total. The van der Waals surface area contributed by atoms with Crippen molar-refractivity contribution in [3.05, 3.63) is 185 Å². The number of hydrogen-bond acceptors (Lipinski definition) is 0. The molecule has 0 saturated carbocycles. The number of fused-ring (bicyclic) bond motifs is 3. The molecule has 0 radical (unpaired) electrons. The van der Waals surface area contributed by atoms with E-state index >= 15 is 0 Å². The van der Waals surface area contributed by atoms with Gasteiger partial charge in [-0.25, -0.2) is 0 Å². The fourth-order valence-corrected chi connectivity index (χ4v) is 17.6. The van der Waals surface area contributed by atoms with E-state index < -0.39 is 14.8 Å². The van der Waals surface area contributed by atoms with Crippen LogP contribution in [0.15, 0.2) is 174 Å². The standard InChI is InChI=1S/C13H9.2C12H9.C5H5.CH2.2ClH.Ti/c1-3-7-12-10(5-1)9-11-6-2-4-8-13(11)12;2*1-3-7-11(8-4-1)12-9-5-2-6-10-12;1-2-4-5-3-1;;;;/h1-5,7-8H,9H2;2*1,3-10H;1-3H,4H2;1H2;2*1H;. The Morgan fingerprint density at radius 2 is 0.978 bits per heavy atom. The first kappa shape index (κ1) is 31.9. The molecule has 8 rings (SSSR count). The van der Waals surface area contributed by atoms with Crippen molar-refractivity contribution >= 4 is 41.2 Å². The predicted octanol–water partition coefficient (Wildman–Crippen LogP) is 9.68. The zero-order chi connectivity index (χ0) is 29.6. The quantitative estimate of drug-likeness (QED) is 0.155. The minimum absolute atomic E-state index is 0. The molecule has 0 nitrogen and oxygen atoms in total. The third-order valence-corrected chi connectivity index (χ3v) is 20.6. The first-order valence-corrected chi connectivity index (χ1v) is 19.8. The van der Waals surface area contributed by atoms with E-state index in [2.05, 4.69) is 170 Å². The summed E-state index contributed by atoms with van der Waals surface area (Å²) in [5.74, 6) is 0. The molecule has 0 atom stereocenters. The molecule has 0 bridgehead atoms. The molecule has 0 heterocycles. The summed E-state index contributed by atoms with van der Waals surface area (Å²) in [6.07, 6.45) is 8.83. The summed E-state index contributed by atoms with van der Waals surface area (Å²) >= 11 is -4.46. The van der Waals surface area contributed by atoms with E-state index in [1.54, 1.807) is 0 Å². The summed E-state index contributed by atoms with van der Waals surface area (Å²) in [5.41, 5.74) is 10.5. The molecular weight excluding hydrogens is 635 g/mol. The van der Waals surface area contributed by atoms with Crippen LogP contribution in [0.2, 0.25) is 0 Å². The first-order valence-electron chi connectivity index (χ1n) is 15.6. The van der Waals surface area contributed by atoms with Gasteiger partial charge in [-0.1, -0.05) is 0 Å². The summed E-state index contributed by atoms with van der Waals surface area (Å²) in [5, 5.41) is 0. The molecule has 6 aromatic rings. The van der Waals surface area contributed by atoms with E-state index in [-0.39, 0.29) is 24.8 Å². The van der Waals surface area contributed by atoms with Crippen molar-refractivity contribution in [1.82, 2.24) is 0 Å². The average Bonchev–Trinajstić information content (AvgIpc) is 3.79. The summed E-state index contributed by atoms with van der Waals surface area (Å²) < 4.78 is 5.67. The average molecular weight is 672 g/mol. The molecule has 0 aliphatic heterocycles. The van der Waals surface area contributed by atoms with Crippen LogP contribution in [-0.2, 0) is 21.3 Å². The Bertz CT molecular complexity index is 2050. The van der Waals surface area contributed by atoms with E-state index in [1.165, 1.54) is 60.0 Å². The Labute approximate surface area is 285 Å². The molecule has 3 heteroatoms.